The van der Waals surface area contributed by atoms with E-state index in [-0.39, 0.29) is 17.6 Å². The molecule has 0 spiro atoms. The molecule has 94 valence electrons. The fraction of sp³-hybridized carbons (Fsp3) is 0.286. The van der Waals surface area contributed by atoms with Gasteiger partial charge in [-0.1, -0.05) is 17.7 Å². The first-order chi connectivity index (χ1) is 8.40. The van der Waals surface area contributed by atoms with Gasteiger partial charge in [0.1, 0.15) is 5.69 Å². The molecule has 0 aliphatic rings. The number of nitrogen functional groups attached to an aromatic ring is 1. The number of benzene rings is 1. The highest BCUT2D eigenvalue weighted by molar-refractivity contribution is 5.98. The van der Waals surface area contributed by atoms with Crippen LogP contribution in [-0.2, 0) is 0 Å². The zero-order valence-electron chi connectivity index (χ0n) is 11.0. The lowest BCUT2D eigenvalue weighted by atomic mass is 9.96. The van der Waals surface area contributed by atoms with Crippen LogP contribution in [-0.4, -0.2) is 10.8 Å². The first kappa shape index (κ1) is 12.4. The molecule has 0 bridgehead atoms. The Labute approximate surface area is 106 Å². The summed E-state index contributed by atoms with van der Waals surface area (Å²) >= 11 is 0. The van der Waals surface area contributed by atoms with Crippen LogP contribution < -0.4 is 5.73 Å². The van der Waals surface area contributed by atoms with Gasteiger partial charge in [-0.05, 0) is 31.9 Å². The Morgan fingerprint density at radius 2 is 1.78 bits per heavy atom. The molecule has 0 aliphatic carbocycles. The van der Waals surface area contributed by atoms with E-state index in [0.29, 0.717) is 5.69 Å². The van der Waals surface area contributed by atoms with Gasteiger partial charge in [-0.2, -0.15) is 4.98 Å². The van der Waals surface area contributed by atoms with Crippen molar-refractivity contribution < 1.29 is 9.21 Å². The average Bonchev–Trinajstić information content (AvgIpc) is 2.58. The van der Waals surface area contributed by atoms with E-state index in [9.17, 15) is 4.79 Å². The molecule has 0 amide bonds. The summed E-state index contributed by atoms with van der Waals surface area (Å²) in [5.41, 5.74) is 10.3. The molecule has 0 aliphatic heterocycles. The maximum atomic E-state index is 11.6. The number of nitrogens with two attached hydrogens (primary N) is 1. The van der Waals surface area contributed by atoms with Crippen molar-refractivity contribution >= 4 is 11.8 Å². The number of nitrogens with zero attached hydrogens (tertiary/aromatic N) is 1. The standard InChI is InChI=1S/C14H16N2O2/c1-7-5-8(2)11(9(3)6-7)12-13(10(4)17)18-14(15)16-12/h5-6H,1-4H3,(H2,15,16). The predicted molar refractivity (Wildman–Crippen MR) is 70.6 cm³/mol. The SMILES string of the molecule is CC(=O)c1oc(N)nc1-c1c(C)cc(C)cc1C. The molecule has 0 unspecified atom stereocenters. The highest BCUT2D eigenvalue weighted by Gasteiger charge is 2.20. The summed E-state index contributed by atoms with van der Waals surface area (Å²) in [5.74, 6) is 0.0520. The number of anilines is 1. The first-order valence-electron chi connectivity index (χ1n) is 5.75. The number of aryl methyl sites for hydroxylation is 3. The summed E-state index contributed by atoms with van der Waals surface area (Å²) in [4.78, 5) is 15.7. The van der Waals surface area contributed by atoms with Crippen LogP contribution in [0.1, 0.15) is 34.2 Å². The fourth-order valence-corrected chi connectivity index (χ4v) is 2.30. The summed E-state index contributed by atoms with van der Waals surface area (Å²) < 4.78 is 5.19. The van der Waals surface area contributed by atoms with Crippen LogP contribution in [0.25, 0.3) is 11.3 Å². The second-order valence-corrected chi connectivity index (χ2v) is 4.56. The third-order valence-corrected chi connectivity index (χ3v) is 2.88. The number of oxazole rings is 1. The van der Waals surface area contributed by atoms with Crippen LogP contribution >= 0.6 is 0 Å². The first-order valence-corrected chi connectivity index (χ1v) is 5.75. The van der Waals surface area contributed by atoms with Crippen LogP contribution in [0.15, 0.2) is 16.5 Å². The Balaban J connectivity index is 2.73. The van der Waals surface area contributed by atoms with E-state index in [4.69, 9.17) is 10.2 Å². The van der Waals surface area contributed by atoms with Gasteiger partial charge in [0, 0.05) is 12.5 Å². The van der Waals surface area contributed by atoms with Gasteiger partial charge in [0.15, 0.2) is 11.5 Å². The van der Waals surface area contributed by atoms with Gasteiger partial charge in [-0.15, -0.1) is 0 Å². The number of hydrogen-bond donors (Lipinski definition) is 1. The average molecular weight is 244 g/mol. The van der Waals surface area contributed by atoms with Gasteiger partial charge in [-0.3, -0.25) is 4.79 Å². The van der Waals surface area contributed by atoms with E-state index in [0.717, 1.165) is 16.7 Å². The fourth-order valence-electron chi connectivity index (χ4n) is 2.30. The third kappa shape index (κ3) is 2.01. The van der Waals surface area contributed by atoms with E-state index < -0.39 is 0 Å². The summed E-state index contributed by atoms with van der Waals surface area (Å²) in [7, 11) is 0. The van der Waals surface area contributed by atoms with Crippen molar-refractivity contribution in [1.29, 1.82) is 0 Å². The Bertz CT molecular complexity index is 604. The van der Waals surface area contributed by atoms with Crippen molar-refractivity contribution in [1.82, 2.24) is 4.98 Å². The number of Topliss-reactive ketones (excluding diaryl/α,β-unsaturated/α-hetero) is 1. The number of carbonyl (C=O) groups is 1. The third-order valence-electron chi connectivity index (χ3n) is 2.88. The molecular formula is C14H16N2O2. The van der Waals surface area contributed by atoms with Crippen LogP contribution in [0.4, 0.5) is 6.01 Å². The second kappa shape index (κ2) is 4.29. The molecule has 1 heterocycles. The molecule has 2 aromatic rings. The zero-order chi connectivity index (χ0) is 13.4. The maximum Gasteiger partial charge on any atom is 0.293 e. The van der Waals surface area contributed by atoms with E-state index in [2.05, 4.69) is 17.1 Å². The molecule has 4 nitrogen and oxygen atoms in total. The van der Waals surface area contributed by atoms with Gasteiger partial charge >= 0.3 is 0 Å². The summed E-state index contributed by atoms with van der Waals surface area (Å²) in [6.45, 7) is 7.46. The minimum absolute atomic E-state index is 0.0228. The molecule has 0 saturated carbocycles. The predicted octanol–water partition coefficient (Wildman–Crippen LogP) is 3.05. The van der Waals surface area contributed by atoms with Crippen molar-refractivity contribution in [2.24, 2.45) is 0 Å². The minimum Gasteiger partial charge on any atom is -0.420 e. The van der Waals surface area contributed by atoms with E-state index in [1.807, 2.05) is 20.8 Å². The Morgan fingerprint density at radius 1 is 1.22 bits per heavy atom. The van der Waals surface area contributed by atoms with Crippen molar-refractivity contribution in [3.05, 3.63) is 34.6 Å². The van der Waals surface area contributed by atoms with Crippen LogP contribution in [0.5, 0.6) is 0 Å². The molecule has 0 atom stereocenters. The molecule has 0 saturated heterocycles. The van der Waals surface area contributed by atoms with Gasteiger partial charge in [0.05, 0.1) is 0 Å². The molecule has 18 heavy (non-hydrogen) atoms. The monoisotopic (exact) mass is 244 g/mol. The number of aromatic nitrogens is 1. The molecule has 2 rings (SSSR count). The Morgan fingerprint density at radius 3 is 2.28 bits per heavy atom. The smallest absolute Gasteiger partial charge is 0.293 e. The summed E-state index contributed by atoms with van der Waals surface area (Å²) in [6, 6.07) is 4.13. The number of hydrogen-bond acceptors (Lipinski definition) is 4. The minimum atomic E-state index is -0.173. The van der Waals surface area contributed by atoms with Crippen LogP contribution in [0, 0.1) is 20.8 Å². The molecule has 1 aromatic heterocycles. The number of carbonyl (C=O) groups excluding carboxylic acids is 1. The van der Waals surface area contributed by atoms with Crippen LogP contribution in [0.2, 0.25) is 0 Å². The van der Waals surface area contributed by atoms with Crippen LogP contribution in [0.3, 0.4) is 0 Å². The van der Waals surface area contributed by atoms with E-state index in [1.165, 1.54) is 12.5 Å². The second-order valence-electron chi connectivity index (χ2n) is 4.56. The van der Waals surface area contributed by atoms with Crippen molar-refractivity contribution in [2.45, 2.75) is 27.7 Å². The largest absolute Gasteiger partial charge is 0.420 e. The van der Waals surface area contributed by atoms with Gasteiger partial charge in [0.2, 0.25) is 0 Å². The lowest BCUT2D eigenvalue weighted by Crippen LogP contribution is -1.97. The molecular weight excluding hydrogens is 228 g/mol. The lowest BCUT2D eigenvalue weighted by Gasteiger charge is -2.09. The number of rotatable bonds is 2. The van der Waals surface area contributed by atoms with Crippen molar-refractivity contribution in [3.63, 3.8) is 0 Å². The van der Waals surface area contributed by atoms with E-state index >= 15 is 0 Å². The Kier molecular flexibility index (Phi) is 2.95. The van der Waals surface area contributed by atoms with Crippen molar-refractivity contribution in [3.8, 4) is 11.3 Å². The molecule has 0 radical (unpaired) electrons. The topological polar surface area (TPSA) is 69.1 Å². The summed E-state index contributed by atoms with van der Waals surface area (Å²) in [5, 5.41) is 0. The highest BCUT2D eigenvalue weighted by atomic mass is 16.4. The van der Waals surface area contributed by atoms with Crippen molar-refractivity contribution in [2.75, 3.05) is 5.73 Å². The molecule has 2 N–H and O–H groups in total. The number of ketones is 1. The molecule has 1 aromatic carbocycles. The van der Waals surface area contributed by atoms with Gasteiger partial charge in [-0.25, -0.2) is 0 Å². The zero-order valence-corrected chi connectivity index (χ0v) is 11.0. The highest BCUT2D eigenvalue weighted by Crippen LogP contribution is 2.31. The maximum absolute atomic E-state index is 11.6. The lowest BCUT2D eigenvalue weighted by molar-refractivity contribution is 0.0989. The molecule has 0 fully saturated rings. The molecule has 4 heteroatoms. The van der Waals surface area contributed by atoms with E-state index in [1.54, 1.807) is 0 Å². The Hall–Kier alpha value is -2.10. The quantitative estimate of drug-likeness (QED) is 0.824. The summed E-state index contributed by atoms with van der Waals surface area (Å²) in [6.07, 6.45) is 0. The normalized spacial score (nSPS) is 10.7. The van der Waals surface area contributed by atoms with Gasteiger partial charge < -0.3 is 10.2 Å². The van der Waals surface area contributed by atoms with Gasteiger partial charge in [0.25, 0.3) is 6.01 Å².